The molecule has 0 bridgehead atoms. The minimum absolute atomic E-state index is 0.0723. The Kier molecular flexibility index (Phi) is 3.55. The summed E-state index contributed by atoms with van der Waals surface area (Å²) in [5.74, 6) is -0.0723. The molecule has 2 nitrogen and oxygen atoms in total. The van der Waals surface area contributed by atoms with Gasteiger partial charge in [-0.25, -0.2) is 0 Å². The standard InChI is InChI=1S/C18H18O2/c19-17-13-18(14-20-17,11-15-7-3-1-4-8-15)12-16-9-5-2-6-10-16/h1-10H,11-14H2. The van der Waals surface area contributed by atoms with Crippen LogP contribution < -0.4 is 0 Å². The van der Waals surface area contributed by atoms with Crippen molar-refractivity contribution in [1.82, 2.24) is 0 Å². The fourth-order valence-corrected chi connectivity index (χ4v) is 2.99. The third-order valence-electron chi connectivity index (χ3n) is 3.90. The minimum Gasteiger partial charge on any atom is -0.465 e. The summed E-state index contributed by atoms with van der Waals surface area (Å²) in [6, 6.07) is 20.7. The fourth-order valence-electron chi connectivity index (χ4n) is 2.99. The van der Waals surface area contributed by atoms with Crippen LogP contribution in [0, 0.1) is 5.41 Å². The Morgan fingerprint density at radius 2 is 1.35 bits per heavy atom. The molecule has 3 rings (SSSR count). The van der Waals surface area contributed by atoms with Crippen molar-refractivity contribution in [3.8, 4) is 0 Å². The van der Waals surface area contributed by atoms with Crippen molar-refractivity contribution >= 4 is 5.97 Å². The maximum atomic E-state index is 11.6. The molecule has 0 radical (unpaired) electrons. The van der Waals surface area contributed by atoms with Gasteiger partial charge in [0.15, 0.2) is 0 Å². The molecule has 2 aromatic carbocycles. The average molecular weight is 266 g/mol. The summed E-state index contributed by atoms with van der Waals surface area (Å²) >= 11 is 0. The fraction of sp³-hybridized carbons (Fsp3) is 0.278. The molecule has 1 aliphatic rings. The van der Waals surface area contributed by atoms with Gasteiger partial charge < -0.3 is 4.74 Å². The lowest BCUT2D eigenvalue weighted by Gasteiger charge is -2.26. The highest BCUT2D eigenvalue weighted by Crippen LogP contribution is 2.36. The zero-order valence-corrected chi connectivity index (χ0v) is 11.4. The number of rotatable bonds is 4. The second-order valence-corrected chi connectivity index (χ2v) is 5.66. The summed E-state index contributed by atoms with van der Waals surface area (Å²) in [5.41, 5.74) is 2.43. The van der Waals surface area contributed by atoms with Crippen molar-refractivity contribution < 1.29 is 9.53 Å². The Hall–Kier alpha value is -2.09. The highest BCUT2D eigenvalue weighted by atomic mass is 16.5. The molecule has 20 heavy (non-hydrogen) atoms. The molecular weight excluding hydrogens is 248 g/mol. The van der Waals surface area contributed by atoms with Crippen molar-refractivity contribution in [2.24, 2.45) is 5.41 Å². The first-order valence-electron chi connectivity index (χ1n) is 6.99. The second kappa shape index (κ2) is 5.49. The number of benzene rings is 2. The first kappa shape index (κ1) is 12.9. The molecule has 1 fully saturated rings. The van der Waals surface area contributed by atoms with Gasteiger partial charge in [-0.1, -0.05) is 60.7 Å². The second-order valence-electron chi connectivity index (χ2n) is 5.66. The van der Waals surface area contributed by atoms with E-state index in [1.54, 1.807) is 0 Å². The third-order valence-corrected chi connectivity index (χ3v) is 3.90. The Morgan fingerprint density at radius 1 is 0.850 bits per heavy atom. The molecule has 2 aromatic rings. The van der Waals surface area contributed by atoms with Crippen molar-refractivity contribution in [1.29, 1.82) is 0 Å². The van der Waals surface area contributed by atoms with E-state index < -0.39 is 0 Å². The summed E-state index contributed by atoms with van der Waals surface area (Å²) in [6.07, 6.45) is 2.28. The first-order chi connectivity index (χ1) is 9.76. The van der Waals surface area contributed by atoms with Gasteiger partial charge in [0.1, 0.15) is 0 Å². The van der Waals surface area contributed by atoms with Gasteiger partial charge in [-0.2, -0.15) is 0 Å². The maximum Gasteiger partial charge on any atom is 0.306 e. The van der Waals surface area contributed by atoms with Crippen molar-refractivity contribution in [2.75, 3.05) is 6.61 Å². The molecule has 0 saturated carbocycles. The van der Waals surface area contributed by atoms with E-state index in [9.17, 15) is 4.79 Å². The van der Waals surface area contributed by atoms with Gasteiger partial charge in [-0.05, 0) is 24.0 Å². The van der Waals surface area contributed by atoms with E-state index in [2.05, 4.69) is 24.3 Å². The lowest BCUT2D eigenvalue weighted by atomic mass is 9.76. The Balaban J connectivity index is 1.84. The largest absolute Gasteiger partial charge is 0.465 e. The highest BCUT2D eigenvalue weighted by Gasteiger charge is 2.40. The van der Waals surface area contributed by atoms with E-state index in [1.807, 2.05) is 36.4 Å². The molecule has 0 N–H and O–H groups in total. The predicted molar refractivity (Wildman–Crippen MR) is 78.3 cm³/mol. The normalized spacial score (nSPS) is 16.9. The van der Waals surface area contributed by atoms with Crippen molar-refractivity contribution in [2.45, 2.75) is 19.3 Å². The zero-order chi connectivity index (χ0) is 13.8. The summed E-state index contributed by atoms with van der Waals surface area (Å²) in [6.45, 7) is 0.523. The smallest absolute Gasteiger partial charge is 0.306 e. The Labute approximate surface area is 119 Å². The summed E-state index contributed by atoms with van der Waals surface area (Å²) < 4.78 is 5.27. The van der Waals surface area contributed by atoms with Crippen LogP contribution in [-0.2, 0) is 22.4 Å². The van der Waals surface area contributed by atoms with Gasteiger partial charge >= 0.3 is 5.97 Å². The number of cyclic esters (lactones) is 1. The summed E-state index contributed by atoms with van der Waals surface area (Å²) in [5, 5.41) is 0. The molecule has 102 valence electrons. The van der Waals surface area contributed by atoms with Gasteiger partial charge in [0.2, 0.25) is 0 Å². The molecule has 0 aliphatic carbocycles. The minimum atomic E-state index is -0.0974. The van der Waals surface area contributed by atoms with E-state index in [0.717, 1.165) is 12.8 Å². The van der Waals surface area contributed by atoms with Gasteiger partial charge in [0, 0.05) is 5.41 Å². The third kappa shape index (κ3) is 2.90. The summed E-state index contributed by atoms with van der Waals surface area (Å²) in [4.78, 5) is 11.6. The van der Waals surface area contributed by atoms with Crippen molar-refractivity contribution in [3.63, 3.8) is 0 Å². The maximum absolute atomic E-state index is 11.6. The average Bonchev–Trinajstić information content (AvgIpc) is 2.82. The monoisotopic (exact) mass is 266 g/mol. The number of esters is 1. The van der Waals surface area contributed by atoms with Gasteiger partial charge in [-0.3, -0.25) is 4.79 Å². The summed E-state index contributed by atoms with van der Waals surface area (Å²) in [7, 11) is 0. The predicted octanol–water partition coefficient (Wildman–Crippen LogP) is 3.41. The quantitative estimate of drug-likeness (QED) is 0.793. The SMILES string of the molecule is O=C1CC(Cc2ccccc2)(Cc2ccccc2)CO1. The van der Waals surface area contributed by atoms with Crippen LogP contribution in [0.2, 0.25) is 0 Å². The zero-order valence-electron chi connectivity index (χ0n) is 11.4. The van der Waals surface area contributed by atoms with Crippen LogP contribution in [0.3, 0.4) is 0 Å². The molecular formula is C18H18O2. The number of carbonyl (C=O) groups excluding carboxylic acids is 1. The molecule has 0 aromatic heterocycles. The highest BCUT2D eigenvalue weighted by molar-refractivity contribution is 5.72. The molecule has 0 atom stereocenters. The van der Waals surface area contributed by atoms with Crippen LogP contribution in [-0.4, -0.2) is 12.6 Å². The van der Waals surface area contributed by atoms with Crippen LogP contribution in [0.25, 0.3) is 0 Å². The number of hydrogen-bond acceptors (Lipinski definition) is 2. The Morgan fingerprint density at radius 3 is 1.75 bits per heavy atom. The molecule has 1 aliphatic heterocycles. The van der Waals surface area contributed by atoms with E-state index in [-0.39, 0.29) is 11.4 Å². The van der Waals surface area contributed by atoms with Crippen LogP contribution in [0.5, 0.6) is 0 Å². The molecule has 1 heterocycles. The molecule has 2 heteroatoms. The molecule has 0 spiro atoms. The lowest BCUT2D eigenvalue weighted by Crippen LogP contribution is -2.27. The van der Waals surface area contributed by atoms with E-state index in [0.29, 0.717) is 13.0 Å². The van der Waals surface area contributed by atoms with Crippen LogP contribution in [0.1, 0.15) is 17.5 Å². The van der Waals surface area contributed by atoms with Gasteiger partial charge in [0.05, 0.1) is 13.0 Å². The lowest BCUT2D eigenvalue weighted by molar-refractivity contribution is -0.137. The van der Waals surface area contributed by atoms with E-state index >= 15 is 0 Å². The van der Waals surface area contributed by atoms with Crippen molar-refractivity contribution in [3.05, 3.63) is 71.8 Å². The first-order valence-corrected chi connectivity index (χ1v) is 6.99. The van der Waals surface area contributed by atoms with Crippen LogP contribution in [0.15, 0.2) is 60.7 Å². The van der Waals surface area contributed by atoms with E-state index in [4.69, 9.17) is 4.74 Å². The van der Waals surface area contributed by atoms with Gasteiger partial charge in [0.25, 0.3) is 0 Å². The molecule has 0 amide bonds. The number of hydrogen-bond donors (Lipinski definition) is 0. The molecule has 0 unspecified atom stereocenters. The molecule has 1 saturated heterocycles. The number of ether oxygens (including phenoxy) is 1. The van der Waals surface area contributed by atoms with E-state index in [1.165, 1.54) is 11.1 Å². The topological polar surface area (TPSA) is 26.3 Å². The van der Waals surface area contributed by atoms with Crippen LogP contribution >= 0.6 is 0 Å². The van der Waals surface area contributed by atoms with Gasteiger partial charge in [-0.15, -0.1) is 0 Å². The Bertz CT molecular complexity index is 533. The van der Waals surface area contributed by atoms with Crippen LogP contribution in [0.4, 0.5) is 0 Å². The number of carbonyl (C=O) groups is 1.